The summed E-state index contributed by atoms with van der Waals surface area (Å²) in [6.07, 6.45) is 0. The molecular formula is C14H13F2NO2S. The fraction of sp³-hybridized carbons (Fsp3) is 0.143. The number of sulfonamides is 1. The average molecular weight is 297 g/mol. The minimum atomic E-state index is -3.65. The molecule has 0 bridgehead atoms. The molecule has 0 amide bonds. The van der Waals surface area contributed by atoms with Crippen molar-refractivity contribution in [2.45, 2.75) is 12.3 Å². The average Bonchev–Trinajstić information content (AvgIpc) is 2.41. The number of benzene rings is 2. The highest BCUT2D eigenvalue weighted by Gasteiger charge is 2.13. The van der Waals surface area contributed by atoms with Crippen molar-refractivity contribution in [3.8, 4) is 0 Å². The van der Waals surface area contributed by atoms with Gasteiger partial charge in [-0.05, 0) is 23.8 Å². The molecule has 6 heteroatoms. The Morgan fingerprint density at radius 3 is 2.25 bits per heavy atom. The molecule has 0 aliphatic rings. The lowest BCUT2D eigenvalue weighted by Crippen LogP contribution is -2.25. The van der Waals surface area contributed by atoms with Crippen LogP contribution < -0.4 is 4.72 Å². The molecule has 0 aromatic heterocycles. The highest BCUT2D eigenvalue weighted by Crippen LogP contribution is 2.10. The second-order valence-electron chi connectivity index (χ2n) is 4.30. The first-order chi connectivity index (χ1) is 9.46. The molecule has 0 unspecified atom stereocenters. The summed E-state index contributed by atoms with van der Waals surface area (Å²) in [5.41, 5.74) is 0.739. The molecule has 0 saturated heterocycles. The number of halogens is 2. The highest BCUT2D eigenvalue weighted by atomic mass is 32.2. The maximum absolute atomic E-state index is 13.4. The van der Waals surface area contributed by atoms with Crippen LogP contribution in [0.4, 0.5) is 8.78 Å². The van der Waals surface area contributed by atoms with Gasteiger partial charge in [0.2, 0.25) is 10.0 Å². The van der Waals surface area contributed by atoms with Gasteiger partial charge in [0.05, 0.1) is 5.75 Å². The van der Waals surface area contributed by atoms with Crippen molar-refractivity contribution in [3.05, 3.63) is 71.3 Å². The monoisotopic (exact) mass is 297 g/mol. The Hall–Kier alpha value is -1.79. The van der Waals surface area contributed by atoms with Crippen molar-refractivity contribution in [2.24, 2.45) is 0 Å². The van der Waals surface area contributed by atoms with Gasteiger partial charge < -0.3 is 0 Å². The maximum Gasteiger partial charge on any atom is 0.216 e. The molecule has 1 N–H and O–H groups in total. The number of hydrogen-bond acceptors (Lipinski definition) is 2. The van der Waals surface area contributed by atoms with Crippen LogP contribution in [0.5, 0.6) is 0 Å². The normalized spacial score (nSPS) is 11.5. The minimum absolute atomic E-state index is 0.0388. The molecular weight excluding hydrogens is 284 g/mol. The van der Waals surface area contributed by atoms with Crippen LogP contribution in [0.15, 0.2) is 48.5 Å². The molecule has 20 heavy (non-hydrogen) atoms. The zero-order valence-electron chi connectivity index (χ0n) is 10.5. The summed E-state index contributed by atoms with van der Waals surface area (Å²) in [5.74, 6) is -1.37. The molecule has 2 rings (SSSR count). The molecule has 0 aliphatic carbocycles. The Kier molecular flexibility index (Phi) is 4.46. The van der Waals surface area contributed by atoms with Crippen molar-refractivity contribution >= 4 is 10.0 Å². The quantitative estimate of drug-likeness (QED) is 0.922. The molecule has 0 saturated carbocycles. The molecule has 0 fully saturated rings. The van der Waals surface area contributed by atoms with E-state index in [0.717, 1.165) is 0 Å². The van der Waals surface area contributed by atoms with Crippen LogP contribution in [0.1, 0.15) is 11.1 Å². The van der Waals surface area contributed by atoms with Gasteiger partial charge in [0, 0.05) is 12.1 Å². The minimum Gasteiger partial charge on any atom is -0.212 e. The molecule has 2 aromatic carbocycles. The Labute approximate surface area is 116 Å². The van der Waals surface area contributed by atoms with Gasteiger partial charge >= 0.3 is 0 Å². The molecule has 3 nitrogen and oxygen atoms in total. The summed E-state index contributed by atoms with van der Waals surface area (Å²) in [6, 6.07) is 11.2. The van der Waals surface area contributed by atoms with Gasteiger partial charge in [-0.3, -0.25) is 0 Å². The van der Waals surface area contributed by atoms with E-state index in [4.69, 9.17) is 0 Å². The summed E-state index contributed by atoms with van der Waals surface area (Å²) in [5, 5.41) is 0. The van der Waals surface area contributed by atoms with Gasteiger partial charge in [-0.25, -0.2) is 21.9 Å². The molecule has 0 aliphatic heterocycles. The van der Waals surface area contributed by atoms with E-state index in [-0.39, 0.29) is 17.9 Å². The lowest BCUT2D eigenvalue weighted by atomic mass is 10.2. The van der Waals surface area contributed by atoms with Gasteiger partial charge in [0.25, 0.3) is 0 Å². The standard InChI is InChI=1S/C14H13F2NO2S/c15-13-7-5-11(6-8-13)9-17-20(18,19)10-12-3-1-2-4-14(12)16/h1-8,17H,9-10H2. The lowest BCUT2D eigenvalue weighted by Gasteiger charge is -2.07. The van der Waals surface area contributed by atoms with Crippen LogP contribution in [0.2, 0.25) is 0 Å². The molecule has 0 radical (unpaired) electrons. The summed E-state index contributed by atoms with van der Waals surface area (Å²) in [6.45, 7) is 0.0388. The van der Waals surface area contributed by atoms with Crippen LogP contribution >= 0.6 is 0 Å². The van der Waals surface area contributed by atoms with Gasteiger partial charge in [0.1, 0.15) is 11.6 Å². The van der Waals surface area contributed by atoms with E-state index < -0.39 is 21.6 Å². The first kappa shape index (κ1) is 14.6. The van der Waals surface area contributed by atoms with Crippen molar-refractivity contribution in [2.75, 3.05) is 0 Å². The smallest absolute Gasteiger partial charge is 0.212 e. The number of nitrogens with one attached hydrogen (secondary N) is 1. The van der Waals surface area contributed by atoms with E-state index in [9.17, 15) is 17.2 Å². The topological polar surface area (TPSA) is 46.2 Å². The van der Waals surface area contributed by atoms with E-state index in [1.54, 1.807) is 6.07 Å². The SMILES string of the molecule is O=S(=O)(Cc1ccccc1F)NCc1ccc(F)cc1. The van der Waals surface area contributed by atoms with Gasteiger partial charge in [-0.1, -0.05) is 30.3 Å². The zero-order valence-corrected chi connectivity index (χ0v) is 11.3. The van der Waals surface area contributed by atoms with Crippen LogP contribution in [0.25, 0.3) is 0 Å². The van der Waals surface area contributed by atoms with Crippen LogP contribution in [-0.4, -0.2) is 8.42 Å². The fourth-order valence-corrected chi connectivity index (χ4v) is 2.80. The molecule has 0 heterocycles. The highest BCUT2D eigenvalue weighted by molar-refractivity contribution is 7.88. The third-order valence-corrected chi connectivity index (χ3v) is 3.99. The summed E-state index contributed by atoms with van der Waals surface area (Å²) in [4.78, 5) is 0. The van der Waals surface area contributed by atoms with Crippen molar-refractivity contribution in [3.63, 3.8) is 0 Å². The van der Waals surface area contributed by atoms with E-state index >= 15 is 0 Å². The largest absolute Gasteiger partial charge is 0.216 e. The number of hydrogen-bond donors (Lipinski definition) is 1. The summed E-state index contributed by atoms with van der Waals surface area (Å²) < 4.78 is 52.1. The van der Waals surface area contributed by atoms with Crippen molar-refractivity contribution in [1.82, 2.24) is 4.72 Å². The Morgan fingerprint density at radius 1 is 0.950 bits per heavy atom. The molecule has 0 atom stereocenters. The van der Waals surface area contributed by atoms with E-state index in [1.165, 1.54) is 42.5 Å². The summed E-state index contributed by atoms with van der Waals surface area (Å²) in [7, 11) is -3.65. The number of rotatable bonds is 5. The first-order valence-corrected chi connectivity index (χ1v) is 7.57. The van der Waals surface area contributed by atoms with Crippen LogP contribution in [0, 0.1) is 11.6 Å². The van der Waals surface area contributed by atoms with E-state index in [0.29, 0.717) is 5.56 Å². The molecule has 106 valence electrons. The van der Waals surface area contributed by atoms with Crippen LogP contribution in [-0.2, 0) is 22.3 Å². The Morgan fingerprint density at radius 2 is 1.60 bits per heavy atom. The Bertz CT molecular complexity index is 685. The van der Waals surface area contributed by atoms with Crippen LogP contribution in [0.3, 0.4) is 0 Å². The van der Waals surface area contributed by atoms with Gasteiger partial charge in [-0.2, -0.15) is 0 Å². The first-order valence-electron chi connectivity index (χ1n) is 5.91. The predicted molar refractivity (Wildman–Crippen MR) is 72.3 cm³/mol. The third-order valence-electron chi connectivity index (χ3n) is 2.71. The molecule has 0 spiro atoms. The van der Waals surface area contributed by atoms with Gasteiger partial charge in [-0.15, -0.1) is 0 Å². The second-order valence-corrected chi connectivity index (χ2v) is 6.10. The second kappa shape index (κ2) is 6.11. The maximum atomic E-state index is 13.4. The van der Waals surface area contributed by atoms with E-state index in [1.807, 2.05) is 0 Å². The van der Waals surface area contributed by atoms with Gasteiger partial charge in [0.15, 0.2) is 0 Å². The van der Waals surface area contributed by atoms with Crippen molar-refractivity contribution in [1.29, 1.82) is 0 Å². The lowest BCUT2D eigenvalue weighted by molar-refractivity contribution is 0.574. The van der Waals surface area contributed by atoms with E-state index in [2.05, 4.69) is 4.72 Å². The Balaban J connectivity index is 2.01. The zero-order chi connectivity index (χ0) is 14.6. The molecule has 2 aromatic rings. The fourth-order valence-electron chi connectivity index (χ4n) is 1.67. The summed E-state index contributed by atoms with van der Waals surface area (Å²) >= 11 is 0. The predicted octanol–water partition coefficient (Wildman–Crippen LogP) is 2.58. The van der Waals surface area contributed by atoms with Crippen molar-refractivity contribution < 1.29 is 17.2 Å². The third kappa shape index (κ3) is 4.11.